The van der Waals surface area contributed by atoms with Crippen LogP contribution in [0.2, 0.25) is 0 Å². The Morgan fingerprint density at radius 3 is 2.56 bits per heavy atom. The van der Waals surface area contributed by atoms with Crippen molar-refractivity contribution in [3.63, 3.8) is 0 Å². The predicted octanol–water partition coefficient (Wildman–Crippen LogP) is 5.58. The second kappa shape index (κ2) is 15.9. The molecule has 1 aromatic carbocycles. The number of aromatic nitrogens is 2. The van der Waals surface area contributed by atoms with Crippen LogP contribution in [0.4, 0.5) is 5.95 Å². The largest absolute Gasteiger partial charge is 0.378 e. The molecule has 0 atom stereocenters. The normalized spacial score (nSPS) is 21.4. The Bertz CT molecular complexity index is 1010. The number of allylic oxidation sites excluding steroid dienone is 3. The number of ether oxygens (including phenoxy) is 3. The Hall–Kier alpha value is -3.00. The summed E-state index contributed by atoms with van der Waals surface area (Å²) in [6, 6.07) is 10.2. The van der Waals surface area contributed by atoms with Gasteiger partial charge >= 0.3 is 0 Å². The van der Waals surface area contributed by atoms with E-state index in [1.54, 1.807) is 6.20 Å². The smallest absolute Gasteiger partial charge is 0.227 e. The first-order valence-electron chi connectivity index (χ1n) is 13.0. The Kier molecular flexibility index (Phi) is 12.2. The minimum absolute atomic E-state index is 0.547. The molecule has 0 amide bonds. The van der Waals surface area contributed by atoms with Crippen LogP contribution in [0.5, 0.6) is 0 Å². The van der Waals surface area contributed by atoms with Crippen molar-refractivity contribution < 1.29 is 14.2 Å². The molecule has 7 heteroatoms. The third kappa shape index (κ3) is 8.90. The second-order valence-electron chi connectivity index (χ2n) is 8.21. The summed E-state index contributed by atoms with van der Waals surface area (Å²) in [7, 11) is 0. The average molecular weight is 493 g/mol. The van der Waals surface area contributed by atoms with Gasteiger partial charge in [0, 0.05) is 42.7 Å². The summed E-state index contributed by atoms with van der Waals surface area (Å²) in [5.41, 5.74) is 5.35. The topological polar surface area (TPSA) is 68.7 Å². The maximum absolute atomic E-state index is 5.86. The SMILES string of the molecule is CC.CC/C1=C\C=C(\N2CCOCC2)CCOC/C=C/COCc2cccc(c2)-c2ccnc(n2)N1. The van der Waals surface area contributed by atoms with Crippen molar-refractivity contribution in [3.8, 4) is 11.3 Å². The van der Waals surface area contributed by atoms with E-state index in [4.69, 9.17) is 19.2 Å². The minimum Gasteiger partial charge on any atom is -0.378 e. The molecule has 1 aromatic heterocycles. The lowest BCUT2D eigenvalue weighted by molar-refractivity contribution is 0.0493. The van der Waals surface area contributed by atoms with Crippen LogP contribution in [0.15, 0.2) is 72.2 Å². The molecule has 36 heavy (non-hydrogen) atoms. The van der Waals surface area contributed by atoms with Crippen LogP contribution in [0.3, 0.4) is 0 Å². The summed E-state index contributed by atoms with van der Waals surface area (Å²) in [6.45, 7) is 11.8. The molecule has 194 valence electrons. The fraction of sp³-hybridized carbons (Fsp3) is 0.448. The highest BCUT2D eigenvalue weighted by Crippen LogP contribution is 2.21. The van der Waals surface area contributed by atoms with E-state index in [0.29, 0.717) is 32.4 Å². The molecule has 1 N–H and O–H groups in total. The first-order chi connectivity index (χ1) is 17.8. The molecule has 2 aliphatic heterocycles. The number of morpholine rings is 1. The highest BCUT2D eigenvalue weighted by Gasteiger charge is 2.13. The third-order valence-electron chi connectivity index (χ3n) is 5.79. The van der Waals surface area contributed by atoms with Gasteiger partial charge in [0.05, 0.1) is 45.3 Å². The van der Waals surface area contributed by atoms with Crippen LogP contribution in [-0.2, 0) is 20.8 Å². The summed E-state index contributed by atoms with van der Waals surface area (Å²) in [5, 5.41) is 3.41. The van der Waals surface area contributed by atoms with Gasteiger partial charge in [-0.3, -0.25) is 0 Å². The van der Waals surface area contributed by atoms with Crippen molar-refractivity contribution in [1.82, 2.24) is 14.9 Å². The number of nitrogens with one attached hydrogen (secondary N) is 1. The van der Waals surface area contributed by atoms with Gasteiger partial charge in [0.2, 0.25) is 5.95 Å². The standard InChI is InChI=1S/C27H34N4O3.C2H6/c1-2-24-8-9-25(31-13-18-33-19-14-31)11-17-32-15-3-4-16-34-21-22-6-5-7-23(20-22)26-10-12-28-27(29-24)30-26;1-2/h3-10,12,20H,2,11,13-19,21H2,1H3,(H,28,29,30);1-2H3/b4-3+,24-8+,25-9+;. The van der Waals surface area contributed by atoms with E-state index in [1.165, 1.54) is 5.70 Å². The summed E-state index contributed by atoms with van der Waals surface area (Å²) in [6.07, 6.45) is 11.8. The predicted molar refractivity (Wildman–Crippen MR) is 146 cm³/mol. The van der Waals surface area contributed by atoms with Gasteiger partial charge in [0.1, 0.15) is 0 Å². The van der Waals surface area contributed by atoms with E-state index in [9.17, 15) is 0 Å². The maximum Gasteiger partial charge on any atom is 0.227 e. The van der Waals surface area contributed by atoms with E-state index in [0.717, 1.165) is 61.7 Å². The molecular formula is C29H40N4O3. The van der Waals surface area contributed by atoms with Gasteiger partial charge in [0.25, 0.3) is 0 Å². The van der Waals surface area contributed by atoms with E-state index < -0.39 is 0 Å². The van der Waals surface area contributed by atoms with Crippen molar-refractivity contribution in [1.29, 1.82) is 0 Å². The molecule has 3 heterocycles. The number of benzene rings is 1. The summed E-state index contributed by atoms with van der Waals surface area (Å²) in [4.78, 5) is 11.6. The number of rotatable bonds is 2. The molecule has 0 unspecified atom stereocenters. The van der Waals surface area contributed by atoms with Crippen LogP contribution in [0, 0.1) is 0 Å². The van der Waals surface area contributed by atoms with Gasteiger partial charge in [0.15, 0.2) is 0 Å². The number of fused-ring (bicyclic) bond motifs is 5. The van der Waals surface area contributed by atoms with Crippen molar-refractivity contribution in [2.24, 2.45) is 0 Å². The maximum atomic E-state index is 5.86. The average Bonchev–Trinajstić information content (AvgIpc) is 2.94. The highest BCUT2D eigenvalue weighted by molar-refractivity contribution is 5.61. The zero-order valence-electron chi connectivity index (χ0n) is 21.9. The fourth-order valence-corrected chi connectivity index (χ4v) is 3.89. The lowest BCUT2D eigenvalue weighted by Gasteiger charge is -2.31. The Balaban J connectivity index is 0.00000176. The number of hydrogen-bond acceptors (Lipinski definition) is 7. The molecule has 1 fully saturated rings. The zero-order valence-corrected chi connectivity index (χ0v) is 21.9. The molecule has 2 aromatic rings. The van der Waals surface area contributed by atoms with Crippen LogP contribution >= 0.6 is 0 Å². The lowest BCUT2D eigenvalue weighted by atomic mass is 10.1. The zero-order chi connectivity index (χ0) is 25.4. The number of anilines is 1. The van der Waals surface area contributed by atoms with Gasteiger partial charge < -0.3 is 24.4 Å². The lowest BCUT2D eigenvalue weighted by Crippen LogP contribution is -2.36. The van der Waals surface area contributed by atoms with Crippen molar-refractivity contribution in [2.45, 2.75) is 40.2 Å². The fourth-order valence-electron chi connectivity index (χ4n) is 3.89. The molecular weight excluding hydrogens is 452 g/mol. The molecule has 0 saturated carbocycles. The van der Waals surface area contributed by atoms with Gasteiger partial charge in [-0.25, -0.2) is 9.97 Å². The summed E-state index contributed by atoms with van der Waals surface area (Å²) in [5.74, 6) is 0.594. The Labute approximate surface area is 215 Å². The van der Waals surface area contributed by atoms with E-state index in [2.05, 4.69) is 52.5 Å². The van der Waals surface area contributed by atoms with Crippen LogP contribution in [-0.4, -0.2) is 61.0 Å². The van der Waals surface area contributed by atoms with Crippen molar-refractivity contribution in [2.75, 3.05) is 51.4 Å². The van der Waals surface area contributed by atoms with Crippen LogP contribution < -0.4 is 5.32 Å². The molecule has 4 bridgehead atoms. The molecule has 4 rings (SSSR count). The Morgan fingerprint density at radius 1 is 0.944 bits per heavy atom. The van der Waals surface area contributed by atoms with Crippen LogP contribution in [0.1, 0.15) is 39.2 Å². The van der Waals surface area contributed by atoms with Gasteiger partial charge in [-0.15, -0.1) is 0 Å². The van der Waals surface area contributed by atoms with Gasteiger partial charge in [-0.2, -0.15) is 0 Å². The second-order valence-corrected chi connectivity index (χ2v) is 8.21. The molecule has 0 aliphatic carbocycles. The summed E-state index contributed by atoms with van der Waals surface area (Å²) >= 11 is 0. The summed E-state index contributed by atoms with van der Waals surface area (Å²) < 4.78 is 17.2. The van der Waals surface area contributed by atoms with E-state index in [1.807, 2.05) is 38.1 Å². The molecule has 0 spiro atoms. The Morgan fingerprint density at radius 2 is 1.75 bits per heavy atom. The van der Waals surface area contributed by atoms with Crippen molar-refractivity contribution in [3.05, 3.63) is 77.8 Å². The van der Waals surface area contributed by atoms with Crippen molar-refractivity contribution >= 4 is 5.95 Å². The molecule has 1 saturated heterocycles. The van der Waals surface area contributed by atoms with Gasteiger partial charge in [-0.05, 0) is 36.3 Å². The first-order valence-corrected chi connectivity index (χ1v) is 13.0. The number of nitrogens with zero attached hydrogens (tertiary/aromatic N) is 3. The number of hydrogen-bond donors (Lipinski definition) is 1. The quantitative estimate of drug-likeness (QED) is 0.549. The molecule has 0 radical (unpaired) electrons. The highest BCUT2D eigenvalue weighted by atomic mass is 16.5. The molecule has 2 aliphatic rings. The molecule has 7 nitrogen and oxygen atoms in total. The third-order valence-corrected chi connectivity index (χ3v) is 5.79. The van der Waals surface area contributed by atoms with E-state index in [-0.39, 0.29) is 0 Å². The first kappa shape index (κ1) is 27.6. The van der Waals surface area contributed by atoms with E-state index >= 15 is 0 Å². The van der Waals surface area contributed by atoms with Crippen LogP contribution in [0.25, 0.3) is 11.3 Å². The minimum atomic E-state index is 0.547. The monoisotopic (exact) mass is 492 g/mol. The van der Waals surface area contributed by atoms with Gasteiger partial charge in [-0.1, -0.05) is 51.1 Å².